The minimum absolute atomic E-state index is 0.0537. The van der Waals surface area contributed by atoms with Gasteiger partial charge in [-0.3, -0.25) is 14.8 Å². The molecular formula is C21H27N9OS. The van der Waals surface area contributed by atoms with E-state index in [-0.39, 0.29) is 12.1 Å². The van der Waals surface area contributed by atoms with Gasteiger partial charge in [-0.15, -0.1) is 0 Å². The maximum absolute atomic E-state index is 12.8. The number of hydrogen-bond acceptors (Lipinski definition) is 9. The molecule has 5 N–H and O–H groups in total. The summed E-state index contributed by atoms with van der Waals surface area (Å²) in [6.07, 6.45) is 7.39. The van der Waals surface area contributed by atoms with E-state index in [4.69, 9.17) is 0 Å². The van der Waals surface area contributed by atoms with Crippen LogP contribution in [-0.4, -0.2) is 76.4 Å². The Kier molecular flexibility index (Phi) is 6.04. The second-order valence-electron chi connectivity index (χ2n) is 7.95. The summed E-state index contributed by atoms with van der Waals surface area (Å²) in [5.41, 5.74) is 6.04. The van der Waals surface area contributed by atoms with Gasteiger partial charge < -0.3 is 21.0 Å². The van der Waals surface area contributed by atoms with Gasteiger partial charge in [-0.25, -0.2) is 10.4 Å². The Bertz CT molecular complexity index is 1120. The quantitative estimate of drug-likeness (QED) is 0.366. The smallest absolute Gasteiger partial charge is 0.267 e. The minimum Gasteiger partial charge on any atom is -0.341 e. The summed E-state index contributed by atoms with van der Waals surface area (Å²) in [5, 5.41) is 20.4. The highest BCUT2D eigenvalue weighted by molar-refractivity contribution is 7.17. The summed E-state index contributed by atoms with van der Waals surface area (Å²) in [4.78, 5) is 20.2. The van der Waals surface area contributed by atoms with Crippen molar-refractivity contribution in [1.29, 1.82) is 0 Å². The highest BCUT2D eigenvalue weighted by Gasteiger charge is 2.19. The zero-order valence-corrected chi connectivity index (χ0v) is 18.7. The lowest BCUT2D eigenvalue weighted by atomic mass is 10.1. The maximum atomic E-state index is 12.8. The molecule has 11 heteroatoms. The number of H-pyrrole nitrogens is 1. The van der Waals surface area contributed by atoms with Crippen molar-refractivity contribution in [2.24, 2.45) is 0 Å². The number of hydrogen-bond donors (Lipinski definition) is 5. The number of benzene rings is 1. The Morgan fingerprint density at radius 2 is 2.12 bits per heavy atom. The fraction of sp³-hybridized carbons (Fsp3) is 0.381. The van der Waals surface area contributed by atoms with Crippen LogP contribution in [0.4, 0.5) is 10.8 Å². The molecule has 1 amide bonds. The number of aromatic amines is 1. The third kappa shape index (κ3) is 4.60. The number of aromatic nitrogens is 3. The average molecular weight is 454 g/mol. The molecule has 1 aromatic carbocycles. The van der Waals surface area contributed by atoms with Crippen molar-refractivity contribution in [3.05, 3.63) is 47.2 Å². The molecule has 3 aromatic rings. The van der Waals surface area contributed by atoms with Gasteiger partial charge in [-0.1, -0.05) is 17.4 Å². The molecule has 168 valence electrons. The molecule has 0 aliphatic carbocycles. The first kappa shape index (κ1) is 20.9. The zero-order chi connectivity index (χ0) is 21.9. The molecule has 1 unspecified atom stereocenters. The largest absolute Gasteiger partial charge is 0.341 e. The van der Waals surface area contributed by atoms with Gasteiger partial charge in [-0.05, 0) is 24.6 Å². The van der Waals surface area contributed by atoms with Gasteiger partial charge in [0.1, 0.15) is 11.0 Å². The Labute approximate surface area is 190 Å². The number of anilines is 2. The third-order valence-corrected chi connectivity index (χ3v) is 6.64. The molecule has 4 heterocycles. The summed E-state index contributed by atoms with van der Waals surface area (Å²) in [5.74, 6) is -0.181. The SMILES string of the molecule is Cc1ccc2[nH]ncc2c1NC(=O)c1cnc(NC2C=CN(CCN3CCNCC3)N2)s1. The van der Waals surface area contributed by atoms with Crippen LogP contribution in [0.1, 0.15) is 15.2 Å². The summed E-state index contributed by atoms with van der Waals surface area (Å²) in [7, 11) is 0. The molecule has 2 aliphatic rings. The number of rotatable bonds is 7. The van der Waals surface area contributed by atoms with Crippen LogP contribution < -0.4 is 21.4 Å². The second kappa shape index (κ2) is 9.25. The standard InChI is InChI=1S/C21H27N9OS/c1-14-2-3-16-15(12-24-27-16)19(14)26-20(31)17-13-23-21(32-17)25-18-4-7-30(28-18)11-10-29-8-5-22-6-9-29/h2-4,7,12-13,18,22,28H,5-6,8-11H2,1H3,(H,23,25)(H,24,27)(H,26,31). The number of carbonyl (C=O) groups excluding carboxylic acids is 1. The van der Waals surface area contributed by atoms with Gasteiger partial charge in [0.25, 0.3) is 5.91 Å². The predicted octanol–water partition coefficient (Wildman–Crippen LogP) is 1.56. The van der Waals surface area contributed by atoms with E-state index in [1.807, 2.05) is 19.1 Å². The van der Waals surface area contributed by atoms with Crippen LogP contribution in [-0.2, 0) is 0 Å². The first-order chi connectivity index (χ1) is 15.7. The van der Waals surface area contributed by atoms with Gasteiger partial charge in [0.05, 0.1) is 23.6 Å². The Balaban J connectivity index is 1.15. The average Bonchev–Trinajstić information content (AvgIpc) is 3.56. The molecule has 32 heavy (non-hydrogen) atoms. The third-order valence-electron chi connectivity index (χ3n) is 5.71. The summed E-state index contributed by atoms with van der Waals surface area (Å²) >= 11 is 1.33. The molecule has 1 fully saturated rings. The normalized spacial score (nSPS) is 19.0. The molecule has 0 spiro atoms. The van der Waals surface area contributed by atoms with E-state index in [1.54, 1.807) is 12.4 Å². The first-order valence-electron chi connectivity index (χ1n) is 10.8. The van der Waals surface area contributed by atoms with E-state index >= 15 is 0 Å². The Morgan fingerprint density at radius 3 is 3.00 bits per heavy atom. The summed E-state index contributed by atoms with van der Waals surface area (Å²) in [6.45, 7) is 8.22. The number of aryl methyl sites for hydroxylation is 1. The Hall–Kier alpha value is -2.99. The molecule has 0 radical (unpaired) electrons. The van der Waals surface area contributed by atoms with Gasteiger partial charge in [0, 0.05) is 50.9 Å². The fourth-order valence-corrected chi connectivity index (χ4v) is 4.65. The molecule has 10 nitrogen and oxygen atoms in total. The number of amides is 1. The van der Waals surface area contributed by atoms with Crippen LogP contribution >= 0.6 is 11.3 Å². The predicted molar refractivity (Wildman–Crippen MR) is 127 cm³/mol. The highest BCUT2D eigenvalue weighted by atomic mass is 32.1. The van der Waals surface area contributed by atoms with Crippen molar-refractivity contribution in [2.75, 3.05) is 49.9 Å². The number of thiazole rings is 1. The molecule has 0 saturated carbocycles. The number of fused-ring (bicyclic) bond motifs is 1. The van der Waals surface area contributed by atoms with Crippen molar-refractivity contribution < 1.29 is 4.79 Å². The van der Waals surface area contributed by atoms with Crippen LogP contribution in [0.3, 0.4) is 0 Å². The lowest BCUT2D eigenvalue weighted by molar-refractivity contribution is 0.103. The number of carbonyl (C=O) groups is 1. The Morgan fingerprint density at radius 1 is 1.25 bits per heavy atom. The lowest BCUT2D eigenvalue weighted by Gasteiger charge is -2.29. The van der Waals surface area contributed by atoms with Gasteiger partial charge in [0.15, 0.2) is 5.13 Å². The van der Waals surface area contributed by atoms with Crippen LogP contribution in [0.2, 0.25) is 0 Å². The van der Waals surface area contributed by atoms with Crippen molar-refractivity contribution in [3.63, 3.8) is 0 Å². The van der Waals surface area contributed by atoms with Crippen molar-refractivity contribution in [2.45, 2.75) is 13.1 Å². The summed E-state index contributed by atoms with van der Waals surface area (Å²) in [6, 6.07) is 3.92. The van der Waals surface area contributed by atoms with E-state index in [2.05, 4.69) is 58.7 Å². The van der Waals surface area contributed by atoms with Crippen molar-refractivity contribution in [3.8, 4) is 0 Å². The lowest BCUT2D eigenvalue weighted by Crippen LogP contribution is -2.48. The number of hydrazine groups is 1. The zero-order valence-electron chi connectivity index (χ0n) is 17.9. The van der Waals surface area contributed by atoms with Crippen LogP contribution in [0.15, 0.2) is 36.8 Å². The van der Waals surface area contributed by atoms with E-state index < -0.39 is 0 Å². The van der Waals surface area contributed by atoms with Gasteiger partial charge in [-0.2, -0.15) is 5.10 Å². The highest BCUT2D eigenvalue weighted by Crippen LogP contribution is 2.27. The van der Waals surface area contributed by atoms with E-state index in [1.165, 1.54) is 11.3 Å². The van der Waals surface area contributed by atoms with Crippen LogP contribution in [0.5, 0.6) is 0 Å². The number of nitrogens with one attached hydrogen (secondary N) is 5. The molecule has 0 bridgehead atoms. The fourth-order valence-electron chi connectivity index (χ4n) is 3.90. The van der Waals surface area contributed by atoms with E-state index in [0.29, 0.717) is 10.0 Å². The van der Waals surface area contributed by atoms with Gasteiger partial charge >= 0.3 is 0 Å². The number of piperazine rings is 1. The van der Waals surface area contributed by atoms with Crippen molar-refractivity contribution >= 4 is 39.0 Å². The molecule has 1 atom stereocenters. The molecule has 2 aliphatic heterocycles. The second-order valence-corrected chi connectivity index (χ2v) is 8.98. The minimum atomic E-state index is -0.181. The van der Waals surface area contributed by atoms with Crippen LogP contribution in [0.25, 0.3) is 10.9 Å². The van der Waals surface area contributed by atoms with Crippen LogP contribution in [0, 0.1) is 6.92 Å². The van der Waals surface area contributed by atoms with Crippen molar-refractivity contribution in [1.82, 2.24) is 35.8 Å². The molecule has 5 rings (SSSR count). The molecule has 1 saturated heterocycles. The van der Waals surface area contributed by atoms with E-state index in [9.17, 15) is 4.79 Å². The summed E-state index contributed by atoms with van der Waals surface area (Å²) < 4.78 is 0. The molecular weight excluding hydrogens is 426 g/mol. The van der Waals surface area contributed by atoms with Gasteiger partial charge in [0.2, 0.25) is 0 Å². The molecule has 2 aromatic heterocycles. The topological polar surface area (TPSA) is 113 Å². The number of nitrogens with zero attached hydrogens (tertiary/aromatic N) is 4. The van der Waals surface area contributed by atoms with E-state index in [0.717, 1.165) is 61.4 Å². The first-order valence-corrected chi connectivity index (χ1v) is 11.6. The maximum Gasteiger partial charge on any atom is 0.267 e. The monoisotopic (exact) mass is 453 g/mol.